The van der Waals surface area contributed by atoms with E-state index in [1.54, 1.807) is 0 Å². The van der Waals surface area contributed by atoms with Crippen LogP contribution in [0, 0.1) is 0 Å². The molecule has 0 bridgehead atoms. The molecule has 10 N–H and O–H groups in total. The molecule has 0 aliphatic heterocycles. The Hall–Kier alpha value is -2.28. The molecule has 220 valence electrons. The molecule has 0 spiro atoms. The van der Waals surface area contributed by atoms with E-state index in [0.717, 1.165) is 11.1 Å². The lowest BCUT2D eigenvalue weighted by molar-refractivity contribution is 0.0700. The zero-order chi connectivity index (χ0) is 28.7. The van der Waals surface area contributed by atoms with Crippen molar-refractivity contribution in [2.45, 2.75) is 31.5 Å². The molecule has 10 nitrogen and oxygen atoms in total. The van der Waals surface area contributed by atoms with E-state index < -0.39 is 12.2 Å². The summed E-state index contributed by atoms with van der Waals surface area (Å²) in [6.45, 7) is 10.5. The van der Waals surface area contributed by atoms with E-state index in [-0.39, 0.29) is 18.6 Å². The van der Waals surface area contributed by atoms with Gasteiger partial charge in [-0.3, -0.25) is 9.80 Å². The first kappa shape index (κ1) is 32.9. The highest BCUT2D eigenvalue weighted by molar-refractivity contribution is 5.41. The molecule has 0 aliphatic rings. The van der Waals surface area contributed by atoms with Crippen molar-refractivity contribution in [1.82, 2.24) is 9.80 Å². The quantitative estimate of drug-likeness (QED) is 0.132. The Kier molecular flexibility index (Phi) is 14.7. The maximum atomic E-state index is 10.4. The fourth-order valence-corrected chi connectivity index (χ4v) is 4.51. The van der Waals surface area contributed by atoms with Crippen molar-refractivity contribution in [3.05, 3.63) is 59.7 Å². The van der Waals surface area contributed by atoms with Gasteiger partial charge >= 0.3 is 0 Å². The number of hydrogen-bond acceptors (Lipinski definition) is 10. The second kappa shape index (κ2) is 17.4. The molecule has 2 aromatic carbocycles. The average molecular weight is 547 g/mol. The van der Waals surface area contributed by atoms with Crippen LogP contribution in [0.25, 0.3) is 0 Å². The Labute approximate surface area is 233 Å². The van der Waals surface area contributed by atoms with Crippen molar-refractivity contribution in [3.63, 3.8) is 0 Å². The van der Waals surface area contributed by atoms with Crippen LogP contribution in [0.2, 0.25) is 0 Å². The molecule has 2 aromatic rings. The summed E-state index contributed by atoms with van der Waals surface area (Å²) in [5.41, 5.74) is 24.6. The zero-order valence-electron chi connectivity index (χ0n) is 23.7. The molecule has 0 saturated heterocycles. The number of aliphatic hydroxyl groups is 2. The Morgan fingerprint density at radius 2 is 0.923 bits per heavy atom. The summed E-state index contributed by atoms with van der Waals surface area (Å²) in [5.74, 6) is 1.41. The summed E-state index contributed by atoms with van der Waals surface area (Å²) >= 11 is 0. The summed E-state index contributed by atoms with van der Waals surface area (Å²) in [4.78, 5) is 4.08. The minimum atomic E-state index is -0.628. The van der Waals surface area contributed by atoms with E-state index in [9.17, 15) is 10.2 Å². The third-order valence-corrected chi connectivity index (χ3v) is 6.76. The molecule has 0 saturated carbocycles. The maximum Gasteiger partial charge on any atom is 0.119 e. The van der Waals surface area contributed by atoms with Gasteiger partial charge in [-0.25, -0.2) is 0 Å². The van der Waals surface area contributed by atoms with E-state index in [1.807, 2.05) is 58.3 Å². The predicted octanol–water partition coefficient (Wildman–Crippen LogP) is -0.0693. The topological polar surface area (TPSA) is 169 Å². The fourth-order valence-electron chi connectivity index (χ4n) is 4.51. The van der Waals surface area contributed by atoms with E-state index in [1.165, 1.54) is 0 Å². The van der Waals surface area contributed by atoms with Crippen LogP contribution < -0.4 is 32.4 Å². The first-order valence-corrected chi connectivity index (χ1v) is 13.8. The van der Waals surface area contributed by atoms with Gasteiger partial charge in [0, 0.05) is 70.9 Å². The molecule has 39 heavy (non-hydrogen) atoms. The minimum absolute atomic E-state index is 0.197. The first-order valence-electron chi connectivity index (χ1n) is 13.8. The van der Waals surface area contributed by atoms with Crippen LogP contribution >= 0.6 is 0 Å². The second-order valence-electron chi connectivity index (χ2n) is 10.4. The number of benzene rings is 2. The maximum absolute atomic E-state index is 10.4. The standard InChI is InChI=1S/C29H50N6O4/c1-29(2,23-3-7-27(8-4-23)38-21-25(36)19-34(15-11-30)16-12-31)24-5-9-28(10-6-24)39-22-26(37)20-35(17-13-32)18-14-33/h3-10,25-26,36-37H,11-22,30-33H2,1-2H3. The highest BCUT2D eigenvalue weighted by Crippen LogP contribution is 2.33. The minimum Gasteiger partial charge on any atom is -0.491 e. The summed E-state index contributed by atoms with van der Waals surface area (Å²) < 4.78 is 11.6. The SMILES string of the molecule is CC(C)(c1ccc(OCC(O)CN(CCN)CCN)cc1)c1ccc(OCC(O)CN(CCN)CCN)cc1. The van der Waals surface area contributed by atoms with Crippen LogP contribution in [-0.2, 0) is 5.41 Å². The Balaban J connectivity index is 1.89. The molecule has 2 rings (SSSR count). The van der Waals surface area contributed by atoms with Crippen LogP contribution in [0.5, 0.6) is 11.5 Å². The highest BCUT2D eigenvalue weighted by Gasteiger charge is 2.23. The normalized spacial score (nSPS) is 13.6. The van der Waals surface area contributed by atoms with Gasteiger partial charge in [0.15, 0.2) is 0 Å². The third-order valence-electron chi connectivity index (χ3n) is 6.76. The zero-order valence-corrected chi connectivity index (χ0v) is 23.7. The lowest BCUT2D eigenvalue weighted by atomic mass is 9.78. The largest absolute Gasteiger partial charge is 0.491 e. The monoisotopic (exact) mass is 546 g/mol. The Morgan fingerprint density at radius 1 is 0.615 bits per heavy atom. The Morgan fingerprint density at radius 3 is 1.21 bits per heavy atom. The van der Waals surface area contributed by atoms with Crippen LogP contribution in [0.1, 0.15) is 25.0 Å². The highest BCUT2D eigenvalue weighted by atomic mass is 16.5. The molecule has 2 unspecified atom stereocenters. The van der Waals surface area contributed by atoms with E-state index in [0.29, 0.717) is 76.9 Å². The first-order chi connectivity index (χ1) is 18.7. The van der Waals surface area contributed by atoms with Gasteiger partial charge in [-0.05, 0) is 35.4 Å². The number of aliphatic hydroxyl groups excluding tert-OH is 2. The molecule has 0 aliphatic carbocycles. The van der Waals surface area contributed by atoms with E-state index in [2.05, 4.69) is 13.8 Å². The molecular formula is C29H50N6O4. The second-order valence-corrected chi connectivity index (χ2v) is 10.4. The summed E-state index contributed by atoms with van der Waals surface area (Å²) in [6, 6.07) is 15.9. The van der Waals surface area contributed by atoms with Crippen molar-refractivity contribution in [1.29, 1.82) is 0 Å². The van der Waals surface area contributed by atoms with Crippen molar-refractivity contribution < 1.29 is 19.7 Å². The summed E-state index contributed by atoms with van der Waals surface area (Å²) in [6.07, 6.45) is -1.26. The van der Waals surface area contributed by atoms with Crippen LogP contribution in [0.15, 0.2) is 48.5 Å². The van der Waals surface area contributed by atoms with Crippen molar-refractivity contribution in [3.8, 4) is 11.5 Å². The summed E-state index contributed by atoms with van der Waals surface area (Å²) in [7, 11) is 0. The van der Waals surface area contributed by atoms with Gasteiger partial charge in [-0.2, -0.15) is 0 Å². The molecular weight excluding hydrogens is 496 g/mol. The molecule has 0 aromatic heterocycles. The van der Waals surface area contributed by atoms with Crippen molar-refractivity contribution in [2.75, 3.05) is 78.7 Å². The predicted molar refractivity (Wildman–Crippen MR) is 157 cm³/mol. The third kappa shape index (κ3) is 11.4. The van der Waals surface area contributed by atoms with Crippen LogP contribution in [0.4, 0.5) is 0 Å². The molecule has 0 radical (unpaired) electrons. The lowest BCUT2D eigenvalue weighted by Gasteiger charge is -2.27. The summed E-state index contributed by atoms with van der Waals surface area (Å²) in [5, 5.41) is 20.7. The van der Waals surface area contributed by atoms with Gasteiger partial charge in [-0.15, -0.1) is 0 Å². The van der Waals surface area contributed by atoms with Gasteiger partial charge < -0.3 is 42.6 Å². The van der Waals surface area contributed by atoms with Crippen LogP contribution in [-0.4, -0.2) is 111 Å². The average Bonchev–Trinajstić information content (AvgIpc) is 2.92. The molecule has 10 heteroatoms. The van der Waals surface area contributed by atoms with Gasteiger partial charge in [0.25, 0.3) is 0 Å². The van der Waals surface area contributed by atoms with Crippen LogP contribution in [0.3, 0.4) is 0 Å². The number of hydrogen-bond donors (Lipinski definition) is 6. The van der Waals surface area contributed by atoms with E-state index >= 15 is 0 Å². The molecule has 0 heterocycles. The molecule has 2 atom stereocenters. The number of nitrogens with zero attached hydrogens (tertiary/aromatic N) is 2. The number of rotatable bonds is 20. The van der Waals surface area contributed by atoms with E-state index in [4.69, 9.17) is 32.4 Å². The molecule has 0 amide bonds. The van der Waals surface area contributed by atoms with Gasteiger partial charge in [0.05, 0.1) is 0 Å². The van der Waals surface area contributed by atoms with Gasteiger partial charge in [0.2, 0.25) is 0 Å². The lowest BCUT2D eigenvalue weighted by Crippen LogP contribution is -2.41. The number of ether oxygens (including phenoxy) is 2. The fraction of sp³-hybridized carbons (Fsp3) is 0.586. The smallest absolute Gasteiger partial charge is 0.119 e. The van der Waals surface area contributed by atoms with Gasteiger partial charge in [0.1, 0.15) is 36.9 Å². The molecule has 0 fully saturated rings. The van der Waals surface area contributed by atoms with Crippen molar-refractivity contribution in [2.24, 2.45) is 22.9 Å². The Bertz CT molecular complexity index is 827. The van der Waals surface area contributed by atoms with Gasteiger partial charge in [-0.1, -0.05) is 38.1 Å². The van der Waals surface area contributed by atoms with Crippen molar-refractivity contribution >= 4 is 0 Å². The number of nitrogens with two attached hydrogens (primary N) is 4.